The number of nitrogens with zero attached hydrogens (tertiary/aromatic N) is 4. The van der Waals surface area contributed by atoms with Gasteiger partial charge in [0.25, 0.3) is 0 Å². The van der Waals surface area contributed by atoms with Crippen LogP contribution in [0.4, 0.5) is 0 Å². The van der Waals surface area contributed by atoms with Crippen LogP contribution >= 0.6 is 39.3 Å². The average molecular weight is 468 g/mol. The van der Waals surface area contributed by atoms with E-state index in [4.69, 9.17) is 16.3 Å². The molecule has 0 bridgehead atoms. The van der Waals surface area contributed by atoms with Crippen LogP contribution in [0.2, 0.25) is 5.02 Å². The van der Waals surface area contributed by atoms with Gasteiger partial charge in [0.2, 0.25) is 5.16 Å². The molecular weight excluding hydrogens is 452 g/mol. The first-order chi connectivity index (χ1) is 13.1. The largest absolute Gasteiger partial charge is 0.503 e. The molecule has 0 saturated heterocycles. The summed E-state index contributed by atoms with van der Waals surface area (Å²) in [4.78, 5) is 0. The molecule has 2 aromatic carbocycles. The Morgan fingerprint density at radius 2 is 2.11 bits per heavy atom. The first-order valence-electron chi connectivity index (χ1n) is 8.03. The van der Waals surface area contributed by atoms with Crippen LogP contribution in [0.1, 0.15) is 18.1 Å². The zero-order valence-corrected chi connectivity index (χ0v) is 17.5. The van der Waals surface area contributed by atoms with Crippen LogP contribution in [0.3, 0.4) is 0 Å². The highest BCUT2D eigenvalue weighted by Crippen LogP contribution is 2.35. The molecule has 0 spiro atoms. The molecule has 140 valence electrons. The maximum absolute atomic E-state index is 9.99. The summed E-state index contributed by atoms with van der Waals surface area (Å²) in [6.45, 7) is 2.31. The summed E-state index contributed by atoms with van der Waals surface area (Å²) in [5.41, 5.74) is 1.90. The Morgan fingerprint density at radius 3 is 2.85 bits per heavy atom. The van der Waals surface area contributed by atoms with Crippen molar-refractivity contribution in [3.63, 3.8) is 0 Å². The number of aromatic nitrogens is 3. The number of phenolic OH excluding ortho intramolecular Hbond substituents is 1. The van der Waals surface area contributed by atoms with Gasteiger partial charge in [0.05, 0.1) is 17.3 Å². The van der Waals surface area contributed by atoms with Crippen LogP contribution in [-0.4, -0.2) is 32.8 Å². The fourth-order valence-corrected chi connectivity index (χ4v) is 3.59. The highest BCUT2D eigenvalue weighted by Gasteiger charge is 2.09. The lowest BCUT2D eigenvalue weighted by molar-refractivity contribution is 0.317. The third-order valence-corrected chi connectivity index (χ3v) is 5.32. The molecule has 0 atom stereocenters. The second-order valence-corrected chi connectivity index (χ2v) is 7.63. The van der Waals surface area contributed by atoms with Gasteiger partial charge in [-0.25, -0.2) is 0 Å². The van der Waals surface area contributed by atoms with E-state index in [1.165, 1.54) is 11.8 Å². The van der Waals surface area contributed by atoms with Gasteiger partial charge in [-0.2, -0.15) is 9.78 Å². The van der Waals surface area contributed by atoms with Crippen molar-refractivity contribution >= 4 is 45.5 Å². The maximum Gasteiger partial charge on any atom is 0.212 e. The Labute approximate surface area is 174 Å². The van der Waals surface area contributed by atoms with E-state index < -0.39 is 0 Å². The predicted octanol–water partition coefficient (Wildman–Crippen LogP) is 4.97. The molecule has 0 radical (unpaired) electrons. The normalized spacial score (nSPS) is 11.2. The van der Waals surface area contributed by atoms with Crippen molar-refractivity contribution in [3.05, 3.63) is 63.3 Å². The minimum Gasteiger partial charge on any atom is -0.503 e. The highest BCUT2D eigenvalue weighted by molar-refractivity contribution is 9.10. The van der Waals surface area contributed by atoms with Crippen LogP contribution in [0, 0.1) is 0 Å². The van der Waals surface area contributed by atoms with Crippen molar-refractivity contribution in [2.75, 3.05) is 6.61 Å². The van der Waals surface area contributed by atoms with E-state index in [1.54, 1.807) is 29.4 Å². The molecule has 0 saturated carbocycles. The Bertz CT molecular complexity index is 947. The van der Waals surface area contributed by atoms with Crippen molar-refractivity contribution in [2.24, 2.45) is 5.10 Å². The van der Waals surface area contributed by atoms with Crippen LogP contribution in [0.5, 0.6) is 11.5 Å². The van der Waals surface area contributed by atoms with E-state index in [-0.39, 0.29) is 5.75 Å². The van der Waals surface area contributed by atoms with E-state index >= 15 is 0 Å². The molecule has 1 N–H and O–H groups in total. The fraction of sp³-hybridized carbons (Fsp3) is 0.167. The van der Waals surface area contributed by atoms with E-state index in [0.29, 0.717) is 27.0 Å². The summed E-state index contributed by atoms with van der Waals surface area (Å²) in [5.74, 6) is 1.19. The minimum absolute atomic E-state index is 0.0671. The number of aromatic hydroxyl groups is 1. The molecule has 0 amide bonds. The van der Waals surface area contributed by atoms with Gasteiger partial charge < -0.3 is 9.84 Å². The third-order valence-electron chi connectivity index (χ3n) is 3.46. The Balaban J connectivity index is 1.73. The lowest BCUT2D eigenvalue weighted by Crippen LogP contribution is -1.96. The summed E-state index contributed by atoms with van der Waals surface area (Å²) >= 11 is 10.7. The number of benzene rings is 2. The topological polar surface area (TPSA) is 72.5 Å². The zero-order valence-electron chi connectivity index (χ0n) is 14.3. The molecule has 9 heteroatoms. The van der Waals surface area contributed by atoms with Crippen molar-refractivity contribution in [2.45, 2.75) is 17.8 Å². The van der Waals surface area contributed by atoms with Gasteiger partial charge in [0.15, 0.2) is 11.5 Å². The Kier molecular flexibility index (Phi) is 6.76. The number of halogens is 2. The molecule has 1 aromatic heterocycles. The minimum atomic E-state index is 0.0671. The van der Waals surface area contributed by atoms with Crippen LogP contribution in [0.15, 0.2) is 57.5 Å². The molecule has 0 aliphatic heterocycles. The maximum atomic E-state index is 9.99. The van der Waals surface area contributed by atoms with Gasteiger partial charge in [-0.15, -0.1) is 10.2 Å². The third kappa shape index (κ3) is 5.24. The quantitative estimate of drug-likeness (QED) is 0.392. The zero-order chi connectivity index (χ0) is 19.2. The number of hydrogen-bond donors (Lipinski definition) is 1. The van der Waals surface area contributed by atoms with Gasteiger partial charge in [-0.05, 0) is 58.2 Å². The van der Waals surface area contributed by atoms with Gasteiger partial charge in [0, 0.05) is 10.8 Å². The van der Waals surface area contributed by atoms with E-state index in [0.717, 1.165) is 16.9 Å². The van der Waals surface area contributed by atoms with Crippen molar-refractivity contribution < 1.29 is 9.84 Å². The number of thioether (sulfide) groups is 1. The van der Waals surface area contributed by atoms with E-state index in [2.05, 4.69) is 31.2 Å². The monoisotopic (exact) mass is 466 g/mol. The van der Waals surface area contributed by atoms with E-state index in [1.807, 2.05) is 31.2 Å². The predicted molar refractivity (Wildman–Crippen MR) is 111 cm³/mol. The van der Waals surface area contributed by atoms with Crippen molar-refractivity contribution in [1.82, 2.24) is 14.9 Å². The molecule has 0 aliphatic rings. The number of phenols is 1. The fourth-order valence-electron chi connectivity index (χ4n) is 2.18. The molecule has 0 aliphatic carbocycles. The van der Waals surface area contributed by atoms with Crippen molar-refractivity contribution in [3.8, 4) is 11.5 Å². The van der Waals surface area contributed by atoms with Gasteiger partial charge >= 0.3 is 0 Å². The lowest BCUT2D eigenvalue weighted by atomic mass is 10.2. The second kappa shape index (κ2) is 9.25. The molecular formula is C18H16BrClN4O2S. The first kappa shape index (κ1) is 19.7. The van der Waals surface area contributed by atoms with Crippen LogP contribution in [0.25, 0.3) is 0 Å². The lowest BCUT2D eigenvalue weighted by Gasteiger charge is -2.08. The molecule has 3 aromatic rings. The average Bonchev–Trinajstić information content (AvgIpc) is 3.11. The standard InChI is InChI=1S/C18H16BrClN4O2S/c1-2-26-16-8-13(7-15(19)17(16)25)9-22-24-11-21-23-18(24)27-10-12-3-5-14(20)6-4-12/h3-9,11,25H,2,10H2,1H3/b22-9-. The summed E-state index contributed by atoms with van der Waals surface area (Å²) in [6.07, 6.45) is 3.20. The molecule has 6 nitrogen and oxygen atoms in total. The van der Waals surface area contributed by atoms with Gasteiger partial charge in [-0.3, -0.25) is 0 Å². The number of hydrogen-bond acceptors (Lipinski definition) is 6. The smallest absolute Gasteiger partial charge is 0.212 e. The van der Waals surface area contributed by atoms with E-state index in [9.17, 15) is 5.11 Å². The summed E-state index contributed by atoms with van der Waals surface area (Å²) < 4.78 is 7.57. The second-order valence-electron chi connectivity index (χ2n) is 5.40. The first-order valence-corrected chi connectivity index (χ1v) is 10.2. The highest BCUT2D eigenvalue weighted by atomic mass is 79.9. The van der Waals surface area contributed by atoms with Crippen LogP contribution < -0.4 is 4.74 Å². The summed E-state index contributed by atoms with van der Waals surface area (Å²) in [7, 11) is 0. The SMILES string of the molecule is CCOc1cc(/C=N\n2cnnc2SCc2ccc(Cl)cc2)cc(Br)c1O. The summed E-state index contributed by atoms with van der Waals surface area (Å²) in [6, 6.07) is 11.1. The molecule has 0 fully saturated rings. The summed E-state index contributed by atoms with van der Waals surface area (Å²) in [5, 5.41) is 23.8. The van der Waals surface area contributed by atoms with Crippen molar-refractivity contribution in [1.29, 1.82) is 0 Å². The molecule has 1 heterocycles. The van der Waals surface area contributed by atoms with Gasteiger partial charge in [0.1, 0.15) is 6.33 Å². The van der Waals surface area contributed by atoms with Crippen LogP contribution in [-0.2, 0) is 5.75 Å². The molecule has 0 unspecified atom stereocenters. The number of rotatable bonds is 7. The van der Waals surface area contributed by atoms with Gasteiger partial charge in [-0.1, -0.05) is 35.5 Å². The Morgan fingerprint density at radius 1 is 1.33 bits per heavy atom. The molecule has 27 heavy (non-hydrogen) atoms. The number of ether oxygens (including phenoxy) is 1. The Hall–Kier alpha value is -2.03. The molecule has 3 rings (SSSR count).